The summed E-state index contributed by atoms with van der Waals surface area (Å²) >= 11 is 0. The molecular weight excluding hydrogens is 338 g/mol. The van der Waals surface area contributed by atoms with Crippen molar-refractivity contribution in [1.29, 1.82) is 0 Å². The Labute approximate surface area is 160 Å². The van der Waals surface area contributed by atoms with Gasteiger partial charge in [-0.15, -0.1) is 0 Å². The first-order valence-corrected chi connectivity index (χ1v) is 9.45. The molecule has 0 atom stereocenters. The van der Waals surface area contributed by atoms with Crippen LogP contribution in [0.4, 0.5) is 0 Å². The number of nitrogens with one attached hydrogen (secondary N) is 1. The molecule has 0 aliphatic carbocycles. The van der Waals surface area contributed by atoms with Gasteiger partial charge in [-0.05, 0) is 57.2 Å². The van der Waals surface area contributed by atoms with E-state index in [0.29, 0.717) is 25.1 Å². The predicted molar refractivity (Wildman–Crippen MR) is 108 cm³/mol. The van der Waals surface area contributed by atoms with Crippen LogP contribution >= 0.6 is 0 Å². The van der Waals surface area contributed by atoms with Crippen molar-refractivity contribution in [2.45, 2.75) is 47.0 Å². The summed E-state index contributed by atoms with van der Waals surface area (Å²) in [6, 6.07) is 6.61. The number of aromatic amines is 1. The summed E-state index contributed by atoms with van der Waals surface area (Å²) in [6.07, 6.45) is 4.09. The molecule has 3 rings (SSSR count). The van der Waals surface area contributed by atoms with Gasteiger partial charge in [0.1, 0.15) is 0 Å². The monoisotopic (exact) mass is 365 g/mol. The number of carbonyl (C=O) groups is 1. The Hall–Kier alpha value is -2.69. The van der Waals surface area contributed by atoms with Crippen molar-refractivity contribution in [1.82, 2.24) is 14.9 Å². The van der Waals surface area contributed by atoms with Gasteiger partial charge < -0.3 is 9.88 Å². The summed E-state index contributed by atoms with van der Waals surface area (Å²) in [5.41, 5.74) is 7.27. The number of aromatic nitrogens is 2. The van der Waals surface area contributed by atoms with Gasteiger partial charge in [0.2, 0.25) is 5.91 Å². The lowest BCUT2D eigenvalue weighted by atomic mass is 9.96. The van der Waals surface area contributed by atoms with E-state index in [1.807, 2.05) is 18.7 Å². The van der Waals surface area contributed by atoms with Crippen LogP contribution in [-0.2, 0) is 11.2 Å². The lowest BCUT2D eigenvalue weighted by Gasteiger charge is -2.27. The van der Waals surface area contributed by atoms with Gasteiger partial charge in [0.25, 0.3) is 0 Å². The second-order valence-electron chi connectivity index (χ2n) is 7.43. The number of carbonyl (C=O) groups excluding carboxylic acids is 1. The fourth-order valence-electron chi connectivity index (χ4n) is 3.83. The first-order chi connectivity index (χ1) is 12.8. The molecule has 0 saturated carbocycles. The van der Waals surface area contributed by atoms with Gasteiger partial charge >= 0.3 is 5.69 Å². The Morgan fingerprint density at radius 3 is 2.44 bits per heavy atom. The molecule has 0 bridgehead atoms. The molecule has 1 amide bonds. The molecule has 0 unspecified atom stereocenters. The predicted octanol–water partition coefficient (Wildman–Crippen LogP) is 3.25. The highest BCUT2D eigenvalue weighted by atomic mass is 16.2. The summed E-state index contributed by atoms with van der Waals surface area (Å²) in [6.45, 7) is 9.32. The maximum atomic E-state index is 12.6. The fraction of sp³-hybridized carbons (Fsp3) is 0.409. The Bertz CT molecular complexity index is 910. The molecule has 0 fully saturated rings. The van der Waals surface area contributed by atoms with Crippen LogP contribution < -0.4 is 5.69 Å². The van der Waals surface area contributed by atoms with Gasteiger partial charge in [-0.1, -0.05) is 35.4 Å². The number of amides is 1. The summed E-state index contributed by atoms with van der Waals surface area (Å²) in [5.74, 6) is 0.149. The quantitative estimate of drug-likeness (QED) is 0.904. The third-order valence-electron chi connectivity index (χ3n) is 5.20. The van der Waals surface area contributed by atoms with Gasteiger partial charge in [0.15, 0.2) is 0 Å². The standard InChI is InChI=1S/C22H27N3O2/c1-14-11-15(2)13-19(12-14)18-7-9-25(10-8-18)21(26)6-5-20-16(3)23-22(27)24-17(20)4/h7,11-13H,5-6,8-10H2,1-4H3,(H,23,24,27). The van der Waals surface area contributed by atoms with E-state index >= 15 is 0 Å². The van der Waals surface area contributed by atoms with E-state index in [4.69, 9.17) is 0 Å². The Morgan fingerprint density at radius 1 is 1.15 bits per heavy atom. The fourth-order valence-corrected chi connectivity index (χ4v) is 3.83. The van der Waals surface area contributed by atoms with Gasteiger partial charge in [-0.3, -0.25) is 4.79 Å². The molecule has 0 spiro atoms. The highest BCUT2D eigenvalue weighted by Gasteiger charge is 2.19. The Kier molecular flexibility index (Phi) is 5.59. The summed E-state index contributed by atoms with van der Waals surface area (Å²) < 4.78 is 0. The average molecular weight is 365 g/mol. The van der Waals surface area contributed by atoms with Crippen molar-refractivity contribution in [3.63, 3.8) is 0 Å². The second kappa shape index (κ2) is 7.91. The molecule has 5 nitrogen and oxygen atoms in total. The zero-order chi connectivity index (χ0) is 19.6. The van der Waals surface area contributed by atoms with Crippen molar-refractivity contribution < 1.29 is 4.79 Å². The van der Waals surface area contributed by atoms with Crippen molar-refractivity contribution in [3.05, 3.63) is 68.4 Å². The molecule has 142 valence electrons. The number of nitrogens with zero attached hydrogens (tertiary/aromatic N) is 2. The average Bonchev–Trinajstić information content (AvgIpc) is 2.60. The van der Waals surface area contributed by atoms with E-state index in [2.05, 4.69) is 48.1 Å². The number of rotatable bonds is 4. The molecular formula is C22H27N3O2. The minimum absolute atomic E-state index is 0.149. The van der Waals surface area contributed by atoms with Crippen molar-refractivity contribution >= 4 is 11.5 Å². The zero-order valence-electron chi connectivity index (χ0n) is 16.6. The van der Waals surface area contributed by atoms with E-state index in [-0.39, 0.29) is 11.6 Å². The molecule has 1 aliphatic rings. The van der Waals surface area contributed by atoms with Gasteiger partial charge in [0, 0.05) is 30.9 Å². The Morgan fingerprint density at radius 2 is 1.85 bits per heavy atom. The van der Waals surface area contributed by atoms with Crippen LogP contribution in [-0.4, -0.2) is 33.9 Å². The molecule has 0 radical (unpaired) electrons. The van der Waals surface area contributed by atoms with Crippen LogP contribution in [0.15, 0.2) is 29.1 Å². The zero-order valence-corrected chi connectivity index (χ0v) is 16.6. The first-order valence-electron chi connectivity index (χ1n) is 9.45. The largest absolute Gasteiger partial charge is 0.345 e. The third kappa shape index (κ3) is 4.54. The van der Waals surface area contributed by atoms with Gasteiger partial charge in [-0.25, -0.2) is 4.79 Å². The highest BCUT2D eigenvalue weighted by molar-refractivity contribution is 5.78. The maximum absolute atomic E-state index is 12.6. The molecule has 0 saturated heterocycles. The minimum atomic E-state index is -0.333. The van der Waals surface area contributed by atoms with Gasteiger partial charge in [-0.2, -0.15) is 4.98 Å². The number of hydrogen-bond acceptors (Lipinski definition) is 3. The minimum Gasteiger partial charge on any atom is -0.339 e. The van der Waals surface area contributed by atoms with Crippen LogP contribution in [0.5, 0.6) is 0 Å². The van der Waals surface area contributed by atoms with E-state index in [9.17, 15) is 9.59 Å². The van der Waals surface area contributed by atoms with E-state index in [1.54, 1.807) is 0 Å². The highest BCUT2D eigenvalue weighted by Crippen LogP contribution is 2.25. The molecule has 1 aliphatic heterocycles. The normalized spacial score (nSPS) is 14.2. The van der Waals surface area contributed by atoms with Crippen LogP contribution in [0.1, 0.15) is 46.5 Å². The number of aryl methyl sites for hydroxylation is 4. The van der Waals surface area contributed by atoms with Crippen molar-refractivity contribution in [2.24, 2.45) is 0 Å². The molecule has 1 aromatic carbocycles. The van der Waals surface area contributed by atoms with E-state index in [1.165, 1.54) is 22.3 Å². The Balaban J connectivity index is 1.63. The third-order valence-corrected chi connectivity index (χ3v) is 5.20. The SMILES string of the molecule is Cc1cc(C)cc(C2=CCN(C(=O)CCc3c(C)nc(=O)[nH]c3C)CC2)c1. The molecule has 5 heteroatoms. The van der Waals surface area contributed by atoms with Crippen LogP contribution in [0.25, 0.3) is 5.57 Å². The molecule has 1 aromatic heterocycles. The van der Waals surface area contributed by atoms with Gasteiger partial charge in [0.05, 0.1) is 0 Å². The summed E-state index contributed by atoms with van der Waals surface area (Å²) in [7, 11) is 0. The lowest BCUT2D eigenvalue weighted by Crippen LogP contribution is -2.35. The number of benzene rings is 1. The summed E-state index contributed by atoms with van der Waals surface area (Å²) in [5, 5.41) is 0. The van der Waals surface area contributed by atoms with Crippen molar-refractivity contribution in [3.8, 4) is 0 Å². The van der Waals surface area contributed by atoms with E-state index in [0.717, 1.165) is 24.2 Å². The summed E-state index contributed by atoms with van der Waals surface area (Å²) in [4.78, 5) is 32.6. The number of hydrogen-bond donors (Lipinski definition) is 1. The van der Waals surface area contributed by atoms with Crippen LogP contribution in [0.2, 0.25) is 0 Å². The van der Waals surface area contributed by atoms with Crippen LogP contribution in [0, 0.1) is 27.7 Å². The maximum Gasteiger partial charge on any atom is 0.345 e. The van der Waals surface area contributed by atoms with E-state index < -0.39 is 0 Å². The molecule has 2 heterocycles. The second-order valence-corrected chi connectivity index (χ2v) is 7.43. The molecule has 1 N–H and O–H groups in total. The lowest BCUT2D eigenvalue weighted by molar-refractivity contribution is -0.130. The number of H-pyrrole nitrogens is 1. The molecule has 2 aromatic rings. The van der Waals surface area contributed by atoms with Crippen molar-refractivity contribution in [2.75, 3.05) is 13.1 Å². The first kappa shape index (κ1) is 19.1. The topological polar surface area (TPSA) is 66.1 Å². The van der Waals surface area contributed by atoms with Crippen LogP contribution in [0.3, 0.4) is 0 Å². The smallest absolute Gasteiger partial charge is 0.339 e. The molecule has 27 heavy (non-hydrogen) atoms.